The molecule has 1 nitrogen and oxygen atoms in total. The van der Waals surface area contributed by atoms with E-state index in [-0.39, 0.29) is 0 Å². The van der Waals surface area contributed by atoms with Crippen molar-refractivity contribution < 1.29 is 4.48 Å². The summed E-state index contributed by atoms with van der Waals surface area (Å²) in [5.74, 6) is 0. The lowest BCUT2D eigenvalue weighted by Crippen LogP contribution is -2.50. The minimum atomic E-state index is 0.848. The van der Waals surface area contributed by atoms with Crippen LogP contribution in [0.1, 0.15) is 33.6 Å². The highest BCUT2D eigenvalue weighted by Gasteiger charge is 2.26. The van der Waals surface area contributed by atoms with Gasteiger partial charge in [0.15, 0.2) is 0 Å². The van der Waals surface area contributed by atoms with E-state index >= 15 is 0 Å². The fraction of sp³-hybridized carbons (Fsp3) is 0.889. The van der Waals surface area contributed by atoms with E-state index in [4.69, 9.17) is 12.2 Å². The molecule has 0 saturated heterocycles. The Morgan fingerprint density at radius 3 is 1.75 bits per heavy atom. The average Bonchev–Trinajstić information content (AvgIpc) is 2.03. The molecule has 0 spiro atoms. The van der Waals surface area contributed by atoms with Crippen molar-refractivity contribution in [3.63, 3.8) is 0 Å². The molecule has 0 bridgehead atoms. The second-order valence-electron chi connectivity index (χ2n) is 3.19. The van der Waals surface area contributed by atoms with Crippen LogP contribution in [0.4, 0.5) is 0 Å². The average molecular weight is 206 g/mol. The minimum absolute atomic E-state index is 0.848. The Kier molecular flexibility index (Phi) is 6.14. The maximum absolute atomic E-state index is 5.20. The van der Waals surface area contributed by atoms with Crippen molar-refractivity contribution in [2.24, 2.45) is 0 Å². The summed E-state index contributed by atoms with van der Waals surface area (Å²) >= 11 is 9.53. The number of rotatable bonds is 5. The Morgan fingerprint density at radius 2 is 1.58 bits per heavy atom. The van der Waals surface area contributed by atoms with Crippen molar-refractivity contribution in [1.29, 1.82) is 0 Å². The third-order valence-electron chi connectivity index (χ3n) is 2.31. The first-order valence-electron chi connectivity index (χ1n) is 4.72. The monoisotopic (exact) mass is 206 g/mol. The van der Waals surface area contributed by atoms with Crippen LogP contribution >= 0.6 is 24.8 Å². The predicted molar refractivity (Wildman–Crippen MR) is 62.7 cm³/mol. The highest BCUT2D eigenvalue weighted by Crippen LogP contribution is 2.14. The summed E-state index contributed by atoms with van der Waals surface area (Å²) in [7, 11) is 0. The minimum Gasteiger partial charge on any atom is -0.276 e. The predicted octanol–water partition coefficient (Wildman–Crippen LogP) is 2.86. The summed E-state index contributed by atoms with van der Waals surface area (Å²) in [6.07, 6.45) is 2.35. The van der Waals surface area contributed by atoms with Crippen LogP contribution in [0.25, 0.3) is 0 Å². The molecule has 0 aromatic heterocycles. The Bertz CT molecular complexity index is 139. The summed E-state index contributed by atoms with van der Waals surface area (Å²) < 4.78 is 1.76. The van der Waals surface area contributed by atoms with Gasteiger partial charge >= 0.3 is 0 Å². The molecule has 0 aliphatic rings. The number of hydrogen-bond acceptors (Lipinski definition) is 1. The van der Waals surface area contributed by atoms with Gasteiger partial charge in [-0.2, -0.15) is 0 Å². The largest absolute Gasteiger partial charge is 0.276 e. The number of thiol groups is 1. The molecule has 0 aliphatic carbocycles. The van der Waals surface area contributed by atoms with E-state index in [0.717, 1.165) is 28.4 Å². The Morgan fingerprint density at radius 1 is 1.17 bits per heavy atom. The van der Waals surface area contributed by atoms with Gasteiger partial charge in [-0.15, -0.1) is 0 Å². The first-order chi connectivity index (χ1) is 5.63. The molecular weight excluding hydrogens is 186 g/mol. The smallest absolute Gasteiger partial charge is 0.230 e. The van der Waals surface area contributed by atoms with Crippen LogP contribution in [0.15, 0.2) is 0 Å². The van der Waals surface area contributed by atoms with Gasteiger partial charge in [0.05, 0.1) is 19.6 Å². The van der Waals surface area contributed by atoms with Gasteiger partial charge in [0, 0.05) is 0 Å². The van der Waals surface area contributed by atoms with E-state index in [9.17, 15) is 0 Å². The summed E-state index contributed by atoms with van der Waals surface area (Å²) in [6.45, 7) is 9.92. The highest BCUT2D eigenvalue weighted by atomic mass is 32.1. The third kappa shape index (κ3) is 3.04. The molecule has 0 amide bonds. The summed E-state index contributed by atoms with van der Waals surface area (Å²) in [5.41, 5.74) is 0. The molecule has 72 valence electrons. The van der Waals surface area contributed by atoms with Gasteiger partial charge in [0.2, 0.25) is 4.32 Å². The number of hydrogen-bond donors (Lipinski definition) is 1. The van der Waals surface area contributed by atoms with Crippen molar-refractivity contribution in [3.05, 3.63) is 0 Å². The van der Waals surface area contributed by atoms with Gasteiger partial charge in [-0.1, -0.05) is 26.5 Å². The number of nitrogens with zero attached hydrogens (tertiary/aromatic N) is 1. The van der Waals surface area contributed by atoms with Gasteiger partial charge < -0.3 is 0 Å². The van der Waals surface area contributed by atoms with Crippen LogP contribution in [-0.2, 0) is 0 Å². The second kappa shape index (κ2) is 5.95. The summed E-state index contributed by atoms with van der Waals surface area (Å²) in [4.78, 5) is 0. The molecule has 0 aromatic carbocycles. The molecule has 0 fully saturated rings. The molecule has 0 atom stereocenters. The van der Waals surface area contributed by atoms with E-state index < -0.39 is 0 Å². The van der Waals surface area contributed by atoms with Gasteiger partial charge in [-0.25, -0.2) is 0 Å². The summed E-state index contributed by atoms with van der Waals surface area (Å²) in [5, 5.41) is 0. The Balaban J connectivity index is 4.39. The van der Waals surface area contributed by atoms with Crippen molar-refractivity contribution in [1.82, 2.24) is 0 Å². The molecule has 0 saturated carbocycles. The quantitative estimate of drug-likeness (QED) is 0.410. The van der Waals surface area contributed by atoms with Gasteiger partial charge in [0.25, 0.3) is 0 Å². The van der Waals surface area contributed by atoms with E-state index in [1.807, 2.05) is 0 Å². The molecule has 0 aliphatic heterocycles. The Labute approximate surface area is 87.1 Å². The second-order valence-corrected chi connectivity index (χ2v) is 4.30. The lowest BCUT2D eigenvalue weighted by molar-refractivity contribution is -0.833. The van der Waals surface area contributed by atoms with Crippen molar-refractivity contribution in [3.8, 4) is 0 Å². The van der Waals surface area contributed by atoms with Crippen molar-refractivity contribution in [2.45, 2.75) is 33.6 Å². The van der Waals surface area contributed by atoms with Crippen molar-refractivity contribution >= 4 is 29.2 Å². The molecule has 0 heterocycles. The van der Waals surface area contributed by atoms with Crippen LogP contribution in [0.3, 0.4) is 0 Å². The van der Waals surface area contributed by atoms with Gasteiger partial charge in [-0.05, 0) is 32.0 Å². The topological polar surface area (TPSA) is 0 Å². The molecule has 0 aromatic rings. The first kappa shape index (κ1) is 12.4. The van der Waals surface area contributed by atoms with Crippen LogP contribution in [0.2, 0.25) is 0 Å². The summed E-state index contributed by atoms with van der Waals surface area (Å²) in [6, 6.07) is 0. The molecule has 0 unspecified atom stereocenters. The zero-order chi connectivity index (χ0) is 9.61. The third-order valence-corrected chi connectivity index (χ3v) is 3.13. The van der Waals surface area contributed by atoms with E-state index in [0.29, 0.717) is 0 Å². The Hall–Kier alpha value is 0.400. The molecule has 3 heteroatoms. The zero-order valence-electron chi connectivity index (χ0n) is 8.34. The molecule has 12 heavy (non-hydrogen) atoms. The van der Waals surface area contributed by atoms with E-state index in [2.05, 4.69) is 33.4 Å². The molecule has 0 rings (SSSR count). The fourth-order valence-corrected chi connectivity index (χ4v) is 2.26. The highest BCUT2D eigenvalue weighted by molar-refractivity contribution is 8.10. The molecule has 0 N–H and O–H groups in total. The number of quaternary nitrogens is 1. The normalized spacial score (nSPS) is 11.7. The van der Waals surface area contributed by atoms with Crippen LogP contribution in [0.5, 0.6) is 0 Å². The fourth-order valence-electron chi connectivity index (χ4n) is 1.61. The SMILES string of the molecule is CCC[N+](CC)(CCC)C(=S)S. The van der Waals surface area contributed by atoms with Crippen LogP contribution in [0, 0.1) is 0 Å². The van der Waals surface area contributed by atoms with Crippen LogP contribution in [-0.4, -0.2) is 28.4 Å². The molecule has 0 radical (unpaired) electrons. The lowest BCUT2D eigenvalue weighted by atomic mass is 10.3. The molecular formula is C9H20NS2+. The van der Waals surface area contributed by atoms with Gasteiger partial charge in [0.1, 0.15) is 0 Å². The maximum Gasteiger partial charge on any atom is 0.230 e. The maximum atomic E-state index is 5.20. The van der Waals surface area contributed by atoms with E-state index in [1.165, 1.54) is 12.8 Å². The number of thiocarbonyl (C=S) groups is 1. The van der Waals surface area contributed by atoms with E-state index in [1.54, 1.807) is 0 Å². The standard InChI is InChI=1S/C9H19NS2/c1-4-7-10(6-3,8-5-2)9(11)12/h4-8H2,1-3H3/p+1. The first-order valence-corrected chi connectivity index (χ1v) is 5.58. The van der Waals surface area contributed by atoms with Crippen molar-refractivity contribution in [2.75, 3.05) is 19.6 Å². The van der Waals surface area contributed by atoms with Crippen LogP contribution < -0.4 is 0 Å². The van der Waals surface area contributed by atoms with Gasteiger partial charge in [-0.3, -0.25) is 4.48 Å². The lowest BCUT2D eigenvalue weighted by Gasteiger charge is -2.35. The zero-order valence-corrected chi connectivity index (χ0v) is 10.0.